The molecule has 0 heterocycles. The molecule has 1 atom stereocenters. The van der Waals surface area contributed by atoms with Gasteiger partial charge in [-0.2, -0.15) is 0 Å². The third-order valence-corrected chi connectivity index (χ3v) is 4.00. The quantitative estimate of drug-likeness (QED) is 0.846. The summed E-state index contributed by atoms with van der Waals surface area (Å²) in [5.74, 6) is -0.523. The lowest BCUT2D eigenvalue weighted by Gasteiger charge is -2.30. The minimum atomic E-state index is -0.341. The Labute approximate surface area is 137 Å². The van der Waals surface area contributed by atoms with E-state index in [0.717, 1.165) is 13.1 Å². The third kappa shape index (κ3) is 4.63. The number of halogens is 1. The van der Waals surface area contributed by atoms with Crippen LogP contribution in [0.25, 0.3) is 0 Å². The minimum absolute atomic E-state index is 0.121. The summed E-state index contributed by atoms with van der Waals surface area (Å²) in [6, 6.07) is 15.9. The van der Waals surface area contributed by atoms with Crippen LogP contribution in [0.1, 0.15) is 35.8 Å². The maximum Gasteiger partial charge on any atom is 0.251 e. The van der Waals surface area contributed by atoms with E-state index in [0.29, 0.717) is 12.1 Å². The fraction of sp³-hybridized carbons (Fsp3) is 0.316. The smallest absolute Gasteiger partial charge is 0.251 e. The summed E-state index contributed by atoms with van der Waals surface area (Å²) in [5, 5.41) is 2.96. The summed E-state index contributed by atoms with van der Waals surface area (Å²) in [4.78, 5) is 14.5. The lowest BCUT2D eigenvalue weighted by atomic mass is 10.0. The van der Waals surface area contributed by atoms with Crippen LogP contribution in [-0.4, -0.2) is 30.4 Å². The van der Waals surface area contributed by atoms with E-state index in [4.69, 9.17) is 0 Å². The van der Waals surface area contributed by atoms with Crippen molar-refractivity contribution in [3.8, 4) is 0 Å². The molecule has 0 spiro atoms. The van der Waals surface area contributed by atoms with Crippen LogP contribution in [0.3, 0.4) is 0 Å². The third-order valence-electron chi connectivity index (χ3n) is 4.00. The van der Waals surface area contributed by atoms with Gasteiger partial charge in [-0.15, -0.1) is 0 Å². The molecule has 0 saturated heterocycles. The lowest BCUT2D eigenvalue weighted by Crippen LogP contribution is -2.38. The number of hydrogen-bond acceptors (Lipinski definition) is 2. The largest absolute Gasteiger partial charge is 0.350 e. The number of carbonyl (C=O) groups excluding carboxylic acids is 1. The molecule has 23 heavy (non-hydrogen) atoms. The van der Waals surface area contributed by atoms with Crippen molar-refractivity contribution in [1.29, 1.82) is 0 Å². The molecular weight excluding hydrogens is 291 g/mol. The van der Waals surface area contributed by atoms with E-state index in [1.54, 1.807) is 0 Å². The molecular formula is C19H23FN2O. The van der Waals surface area contributed by atoms with Crippen LogP contribution in [0.4, 0.5) is 4.39 Å². The maximum absolute atomic E-state index is 12.9. The number of amides is 1. The van der Waals surface area contributed by atoms with Crippen LogP contribution < -0.4 is 5.32 Å². The predicted octanol–water partition coefficient (Wildman–Crippen LogP) is 3.64. The van der Waals surface area contributed by atoms with E-state index in [1.807, 2.05) is 18.2 Å². The number of rotatable bonds is 7. The summed E-state index contributed by atoms with van der Waals surface area (Å²) in [6.07, 6.45) is 0. The number of nitrogens with one attached hydrogen (secondary N) is 1. The first-order valence-corrected chi connectivity index (χ1v) is 7.98. The second-order valence-electron chi connectivity index (χ2n) is 5.36. The van der Waals surface area contributed by atoms with E-state index in [2.05, 4.69) is 36.2 Å². The van der Waals surface area contributed by atoms with E-state index in [-0.39, 0.29) is 17.8 Å². The molecule has 0 radical (unpaired) electrons. The molecule has 2 aromatic carbocycles. The van der Waals surface area contributed by atoms with Crippen molar-refractivity contribution in [2.24, 2.45) is 0 Å². The highest BCUT2D eigenvalue weighted by Crippen LogP contribution is 2.19. The van der Waals surface area contributed by atoms with E-state index in [1.165, 1.54) is 29.8 Å². The first-order chi connectivity index (χ1) is 11.2. The van der Waals surface area contributed by atoms with Gasteiger partial charge in [0.25, 0.3) is 5.91 Å². The van der Waals surface area contributed by atoms with E-state index >= 15 is 0 Å². The Hall–Kier alpha value is -2.20. The van der Waals surface area contributed by atoms with E-state index < -0.39 is 0 Å². The molecule has 1 unspecified atom stereocenters. The van der Waals surface area contributed by atoms with Gasteiger partial charge < -0.3 is 5.32 Å². The van der Waals surface area contributed by atoms with Crippen molar-refractivity contribution in [2.45, 2.75) is 19.9 Å². The highest BCUT2D eigenvalue weighted by Gasteiger charge is 2.18. The molecule has 2 aromatic rings. The van der Waals surface area contributed by atoms with Crippen LogP contribution >= 0.6 is 0 Å². The number of likely N-dealkylation sites (N-methyl/N-ethyl adjacent to an activating group) is 1. The minimum Gasteiger partial charge on any atom is -0.350 e. The van der Waals surface area contributed by atoms with Crippen molar-refractivity contribution >= 4 is 5.91 Å². The number of hydrogen-bond donors (Lipinski definition) is 1. The molecule has 0 aliphatic rings. The van der Waals surface area contributed by atoms with Crippen LogP contribution in [0.2, 0.25) is 0 Å². The molecule has 0 aliphatic carbocycles. The molecule has 3 nitrogen and oxygen atoms in total. The molecule has 4 heteroatoms. The number of nitrogens with zero attached hydrogens (tertiary/aromatic N) is 1. The number of benzene rings is 2. The second kappa shape index (κ2) is 8.44. The molecule has 2 rings (SSSR count). The summed E-state index contributed by atoms with van der Waals surface area (Å²) >= 11 is 0. The zero-order valence-electron chi connectivity index (χ0n) is 13.6. The second-order valence-corrected chi connectivity index (χ2v) is 5.36. The van der Waals surface area contributed by atoms with Gasteiger partial charge >= 0.3 is 0 Å². The van der Waals surface area contributed by atoms with Gasteiger partial charge in [-0.25, -0.2) is 4.39 Å². The van der Waals surface area contributed by atoms with Crippen molar-refractivity contribution in [1.82, 2.24) is 10.2 Å². The standard InChI is InChI=1S/C19H23FN2O/c1-3-22(4-2)18(15-8-6-5-7-9-15)14-21-19(23)16-10-12-17(20)13-11-16/h5-13,18H,3-4,14H2,1-2H3,(H,21,23). The van der Waals surface area contributed by atoms with Crippen LogP contribution in [0, 0.1) is 5.82 Å². The molecule has 0 fully saturated rings. The first-order valence-electron chi connectivity index (χ1n) is 7.98. The normalized spacial score (nSPS) is 12.2. The van der Waals surface area contributed by atoms with Gasteiger partial charge in [-0.05, 0) is 42.9 Å². The van der Waals surface area contributed by atoms with E-state index in [9.17, 15) is 9.18 Å². The Kier molecular flexibility index (Phi) is 6.29. The Morgan fingerprint density at radius 1 is 1.04 bits per heavy atom. The van der Waals surface area contributed by atoms with Crippen LogP contribution in [0.5, 0.6) is 0 Å². The fourth-order valence-electron chi connectivity index (χ4n) is 2.69. The highest BCUT2D eigenvalue weighted by atomic mass is 19.1. The van der Waals surface area contributed by atoms with Crippen LogP contribution in [-0.2, 0) is 0 Å². The average Bonchev–Trinajstić information content (AvgIpc) is 2.59. The molecule has 0 aromatic heterocycles. The topological polar surface area (TPSA) is 32.3 Å². The van der Waals surface area contributed by atoms with Crippen molar-refractivity contribution in [2.75, 3.05) is 19.6 Å². The van der Waals surface area contributed by atoms with Crippen molar-refractivity contribution < 1.29 is 9.18 Å². The molecule has 0 aliphatic heterocycles. The summed E-state index contributed by atoms with van der Waals surface area (Å²) in [5.41, 5.74) is 1.65. The van der Waals surface area contributed by atoms with Gasteiger partial charge in [-0.3, -0.25) is 9.69 Å². The average molecular weight is 314 g/mol. The summed E-state index contributed by atoms with van der Waals surface area (Å²) in [7, 11) is 0. The van der Waals surface area contributed by atoms with Crippen molar-refractivity contribution in [3.05, 3.63) is 71.5 Å². The van der Waals surface area contributed by atoms with Crippen molar-refractivity contribution in [3.63, 3.8) is 0 Å². The Bertz CT molecular complexity index is 609. The Balaban J connectivity index is 2.09. The SMILES string of the molecule is CCN(CC)C(CNC(=O)c1ccc(F)cc1)c1ccccc1. The number of carbonyl (C=O) groups is 1. The predicted molar refractivity (Wildman–Crippen MR) is 90.8 cm³/mol. The summed E-state index contributed by atoms with van der Waals surface area (Å²) in [6.45, 7) is 6.55. The van der Waals surface area contributed by atoms with Gasteiger partial charge in [-0.1, -0.05) is 44.2 Å². The van der Waals surface area contributed by atoms with Gasteiger partial charge in [0.15, 0.2) is 0 Å². The molecule has 0 saturated carbocycles. The molecule has 1 amide bonds. The summed E-state index contributed by atoms with van der Waals surface area (Å²) < 4.78 is 12.9. The van der Waals surface area contributed by atoms with Crippen LogP contribution in [0.15, 0.2) is 54.6 Å². The zero-order valence-corrected chi connectivity index (χ0v) is 13.6. The zero-order chi connectivity index (χ0) is 16.7. The Morgan fingerprint density at radius 3 is 2.22 bits per heavy atom. The monoisotopic (exact) mass is 314 g/mol. The first kappa shape index (κ1) is 17.2. The molecule has 0 bridgehead atoms. The Morgan fingerprint density at radius 2 is 1.65 bits per heavy atom. The molecule has 1 N–H and O–H groups in total. The lowest BCUT2D eigenvalue weighted by molar-refractivity contribution is 0.0935. The highest BCUT2D eigenvalue weighted by molar-refractivity contribution is 5.94. The van der Waals surface area contributed by atoms with Gasteiger partial charge in [0.1, 0.15) is 5.82 Å². The maximum atomic E-state index is 12.9. The van der Waals surface area contributed by atoms with Gasteiger partial charge in [0.05, 0.1) is 6.04 Å². The fourth-order valence-corrected chi connectivity index (χ4v) is 2.69. The van der Waals surface area contributed by atoms with Gasteiger partial charge in [0, 0.05) is 12.1 Å². The van der Waals surface area contributed by atoms with Gasteiger partial charge in [0.2, 0.25) is 0 Å². The molecule has 122 valence electrons.